The third-order valence-corrected chi connectivity index (χ3v) is 4.00. The van der Waals surface area contributed by atoms with Crippen LogP contribution in [0, 0.1) is 11.3 Å². The summed E-state index contributed by atoms with van der Waals surface area (Å²) in [7, 11) is 0. The highest BCUT2D eigenvalue weighted by Crippen LogP contribution is 2.47. The lowest BCUT2D eigenvalue weighted by atomic mass is 9.81. The number of carboxylic acid groups (broad SMARTS) is 1. The predicted octanol–water partition coefficient (Wildman–Crippen LogP) is 1.69. The molecule has 1 aromatic rings. The first-order valence-corrected chi connectivity index (χ1v) is 6.40. The van der Waals surface area contributed by atoms with E-state index in [0.717, 1.165) is 12.2 Å². The van der Waals surface area contributed by atoms with Crippen LogP contribution in [-0.2, 0) is 11.3 Å². The van der Waals surface area contributed by atoms with E-state index in [9.17, 15) is 4.79 Å². The van der Waals surface area contributed by atoms with Crippen LogP contribution in [0.15, 0.2) is 0 Å². The van der Waals surface area contributed by atoms with Crippen molar-refractivity contribution >= 4 is 5.97 Å². The number of hydrogen-bond acceptors (Lipinski definition) is 4. The topological polar surface area (TPSA) is 80.9 Å². The van der Waals surface area contributed by atoms with Gasteiger partial charge in [-0.25, -0.2) is 4.68 Å². The molecule has 0 saturated heterocycles. The Kier molecular flexibility index (Phi) is 3.36. The number of rotatable bonds is 4. The first kappa shape index (κ1) is 13.0. The van der Waals surface area contributed by atoms with E-state index in [2.05, 4.69) is 29.4 Å². The van der Waals surface area contributed by atoms with Gasteiger partial charge in [0.15, 0.2) is 5.82 Å². The Bertz CT molecular complexity index is 441. The van der Waals surface area contributed by atoms with Crippen molar-refractivity contribution in [2.24, 2.45) is 11.3 Å². The summed E-state index contributed by atoms with van der Waals surface area (Å²) in [6, 6.07) is 0. The highest BCUT2D eigenvalue weighted by molar-refractivity contribution is 5.69. The molecule has 0 bridgehead atoms. The molecule has 0 amide bonds. The molecular weight excluding hydrogens is 232 g/mol. The average Bonchev–Trinajstić information content (AvgIpc) is 2.84. The first-order chi connectivity index (χ1) is 8.42. The monoisotopic (exact) mass is 252 g/mol. The lowest BCUT2D eigenvalue weighted by molar-refractivity contribution is -0.141. The van der Waals surface area contributed by atoms with Crippen LogP contribution in [0.3, 0.4) is 0 Å². The smallest absolute Gasteiger partial charge is 0.308 e. The number of carboxylic acids is 1. The minimum Gasteiger partial charge on any atom is -0.481 e. The van der Waals surface area contributed by atoms with Gasteiger partial charge in [0.1, 0.15) is 0 Å². The van der Waals surface area contributed by atoms with Crippen LogP contribution in [0.4, 0.5) is 0 Å². The Morgan fingerprint density at radius 1 is 1.61 bits per heavy atom. The first-order valence-electron chi connectivity index (χ1n) is 6.40. The molecule has 6 heteroatoms. The fourth-order valence-electron chi connectivity index (χ4n) is 2.73. The van der Waals surface area contributed by atoms with Gasteiger partial charge in [-0.05, 0) is 28.7 Å². The van der Waals surface area contributed by atoms with Crippen LogP contribution >= 0.6 is 0 Å². The normalized spacial score (nSPS) is 24.1. The second kappa shape index (κ2) is 4.66. The lowest BCUT2D eigenvalue weighted by Gasteiger charge is -2.26. The number of carbonyl (C=O) groups is 1. The van der Waals surface area contributed by atoms with Crippen molar-refractivity contribution in [1.29, 1.82) is 0 Å². The molecule has 6 nitrogen and oxygen atoms in total. The van der Waals surface area contributed by atoms with E-state index in [1.165, 1.54) is 12.8 Å². The zero-order valence-corrected chi connectivity index (χ0v) is 11.1. The zero-order valence-electron chi connectivity index (χ0n) is 11.1. The minimum absolute atomic E-state index is 0.193. The summed E-state index contributed by atoms with van der Waals surface area (Å²) in [5, 5.41) is 20.7. The molecule has 1 saturated carbocycles. The van der Waals surface area contributed by atoms with Crippen LogP contribution in [0.25, 0.3) is 0 Å². The predicted molar refractivity (Wildman–Crippen MR) is 65.0 cm³/mol. The second-order valence-corrected chi connectivity index (χ2v) is 5.89. The molecule has 0 spiro atoms. The standard InChI is InChI=1S/C12H20N4O2/c1-8(11(17)18)7-16-10(13-14-15-16)9-5-4-6-12(9,2)3/h8-9H,4-7H2,1-3H3,(H,17,18). The van der Waals surface area contributed by atoms with Crippen molar-refractivity contribution in [2.45, 2.75) is 52.5 Å². The van der Waals surface area contributed by atoms with Crippen LogP contribution in [-0.4, -0.2) is 31.3 Å². The van der Waals surface area contributed by atoms with Crippen LogP contribution in [0.2, 0.25) is 0 Å². The quantitative estimate of drug-likeness (QED) is 0.881. The van der Waals surface area contributed by atoms with Gasteiger partial charge in [-0.3, -0.25) is 4.79 Å². The van der Waals surface area contributed by atoms with Crippen LogP contribution < -0.4 is 0 Å². The van der Waals surface area contributed by atoms with Gasteiger partial charge < -0.3 is 5.11 Å². The van der Waals surface area contributed by atoms with Gasteiger partial charge in [-0.2, -0.15) is 0 Å². The molecule has 100 valence electrons. The molecule has 18 heavy (non-hydrogen) atoms. The Labute approximate surface area is 106 Å². The van der Waals surface area contributed by atoms with Gasteiger partial charge in [0.2, 0.25) is 0 Å². The van der Waals surface area contributed by atoms with Crippen molar-refractivity contribution in [1.82, 2.24) is 20.2 Å². The fourth-order valence-corrected chi connectivity index (χ4v) is 2.73. The minimum atomic E-state index is -0.817. The Morgan fingerprint density at radius 3 is 2.89 bits per heavy atom. The van der Waals surface area contributed by atoms with E-state index in [4.69, 9.17) is 5.11 Å². The third-order valence-electron chi connectivity index (χ3n) is 4.00. The second-order valence-electron chi connectivity index (χ2n) is 5.89. The maximum atomic E-state index is 10.9. The van der Waals surface area contributed by atoms with E-state index in [0.29, 0.717) is 12.5 Å². The van der Waals surface area contributed by atoms with Gasteiger partial charge in [0.05, 0.1) is 12.5 Å². The van der Waals surface area contributed by atoms with Crippen molar-refractivity contribution in [3.63, 3.8) is 0 Å². The van der Waals surface area contributed by atoms with Crippen LogP contribution in [0.1, 0.15) is 51.8 Å². The highest BCUT2D eigenvalue weighted by atomic mass is 16.4. The molecule has 0 radical (unpaired) electrons. The summed E-state index contributed by atoms with van der Waals surface area (Å²) < 4.78 is 1.66. The SMILES string of the molecule is CC(Cn1nnnc1C1CCCC1(C)C)C(=O)O. The molecule has 0 aromatic carbocycles. The number of aliphatic carboxylic acids is 1. The number of aromatic nitrogens is 4. The average molecular weight is 252 g/mol. The number of nitrogens with zero attached hydrogens (tertiary/aromatic N) is 4. The summed E-state index contributed by atoms with van der Waals surface area (Å²) in [5.41, 5.74) is 0.193. The molecule has 1 aromatic heterocycles. The molecule has 2 rings (SSSR count). The summed E-state index contributed by atoms with van der Waals surface area (Å²) >= 11 is 0. The Hall–Kier alpha value is -1.46. The third kappa shape index (κ3) is 2.37. The molecule has 0 aliphatic heterocycles. The van der Waals surface area contributed by atoms with Gasteiger partial charge in [-0.15, -0.1) is 5.10 Å². The molecular formula is C12H20N4O2. The molecule has 1 aliphatic rings. The zero-order chi connectivity index (χ0) is 13.3. The molecule has 1 fully saturated rings. The van der Waals surface area contributed by atoms with Crippen molar-refractivity contribution in [3.05, 3.63) is 5.82 Å². The summed E-state index contributed by atoms with van der Waals surface area (Å²) in [6.45, 7) is 6.46. The van der Waals surface area contributed by atoms with Crippen molar-refractivity contribution in [3.8, 4) is 0 Å². The lowest BCUT2D eigenvalue weighted by Crippen LogP contribution is -2.24. The fraction of sp³-hybridized carbons (Fsp3) is 0.833. The van der Waals surface area contributed by atoms with Crippen molar-refractivity contribution in [2.75, 3.05) is 0 Å². The number of hydrogen-bond donors (Lipinski definition) is 1. The van der Waals surface area contributed by atoms with Gasteiger partial charge >= 0.3 is 5.97 Å². The van der Waals surface area contributed by atoms with E-state index in [1.54, 1.807) is 11.6 Å². The van der Waals surface area contributed by atoms with Crippen LogP contribution in [0.5, 0.6) is 0 Å². The molecule has 1 heterocycles. The summed E-state index contributed by atoms with van der Waals surface area (Å²) in [6.07, 6.45) is 3.42. The molecule has 1 N–H and O–H groups in total. The molecule has 1 aliphatic carbocycles. The summed E-state index contributed by atoms with van der Waals surface area (Å²) in [5.74, 6) is -0.127. The maximum Gasteiger partial charge on any atom is 0.308 e. The summed E-state index contributed by atoms with van der Waals surface area (Å²) in [4.78, 5) is 10.9. The van der Waals surface area contributed by atoms with E-state index >= 15 is 0 Å². The molecule has 2 atom stereocenters. The Balaban J connectivity index is 2.20. The van der Waals surface area contributed by atoms with E-state index in [-0.39, 0.29) is 5.41 Å². The van der Waals surface area contributed by atoms with Crippen molar-refractivity contribution < 1.29 is 9.90 Å². The van der Waals surface area contributed by atoms with Gasteiger partial charge in [0, 0.05) is 5.92 Å². The van der Waals surface area contributed by atoms with Gasteiger partial charge in [0.25, 0.3) is 0 Å². The van der Waals surface area contributed by atoms with Gasteiger partial charge in [-0.1, -0.05) is 27.2 Å². The maximum absolute atomic E-state index is 10.9. The highest BCUT2D eigenvalue weighted by Gasteiger charge is 2.39. The largest absolute Gasteiger partial charge is 0.481 e. The van der Waals surface area contributed by atoms with E-state index in [1.807, 2.05) is 0 Å². The number of tetrazole rings is 1. The molecule has 2 unspecified atom stereocenters. The van der Waals surface area contributed by atoms with E-state index < -0.39 is 11.9 Å². The Morgan fingerprint density at radius 2 is 2.33 bits per heavy atom.